The average Bonchev–Trinajstić information content (AvgIpc) is 2.18. The maximum absolute atomic E-state index is 7.13. The summed E-state index contributed by atoms with van der Waals surface area (Å²) in [5.41, 5.74) is 0. The van der Waals surface area contributed by atoms with E-state index in [4.69, 9.17) is 6.02 Å². The molecule has 1 rings (SSSR count). The van der Waals surface area contributed by atoms with Gasteiger partial charge in [-0.1, -0.05) is 20.8 Å². The predicted octanol–water partition coefficient (Wildman–Crippen LogP) is 3.15. The molecule has 3 heteroatoms. The van der Waals surface area contributed by atoms with Gasteiger partial charge in [0, 0.05) is 0 Å². The Morgan fingerprint density at radius 1 is 1.38 bits per heavy atom. The van der Waals surface area contributed by atoms with Gasteiger partial charge in [-0.05, 0) is 34.2 Å². The van der Waals surface area contributed by atoms with Crippen molar-refractivity contribution < 1.29 is 4.74 Å². The standard InChI is InChI=1S/C10H20NOP/c1-5-9-6(2)7(3)10(11-13)8(4)12-9/h6-10,13H,5H2,1-4H3/t6-,7-,8-,9?,10?/m0/s1. The molecule has 1 heterocycles. The molecule has 1 fully saturated rings. The zero-order valence-corrected chi connectivity index (χ0v) is 9.79. The summed E-state index contributed by atoms with van der Waals surface area (Å²) in [6.45, 7) is 8.70. The third kappa shape index (κ3) is 2.11. The average molecular weight is 204 g/mol. The van der Waals surface area contributed by atoms with Gasteiger partial charge in [0.05, 0.1) is 18.2 Å². The molecule has 0 saturated carbocycles. The van der Waals surface area contributed by atoms with Crippen LogP contribution in [-0.4, -0.2) is 19.5 Å². The van der Waals surface area contributed by atoms with Crippen molar-refractivity contribution in [1.82, 2.24) is 0 Å². The van der Waals surface area contributed by atoms with Gasteiger partial charge < -0.3 is 4.74 Å². The second kappa shape index (κ2) is 4.52. The van der Waals surface area contributed by atoms with E-state index in [0.717, 1.165) is 6.42 Å². The summed E-state index contributed by atoms with van der Waals surface area (Å²) < 4.78 is 17.3. The molecule has 0 bridgehead atoms. The molecule has 0 N–H and O–H groups in total. The Kier molecular flexibility index (Phi) is 3.34. The van der Waals surface area contributed by atoms with Crippen LogP contribution in [0, 0.1) is 11.8 Å². The van der Waals surface area contributed by atoms with Crippen LogP contribution in [0.25, 0.3) is 0 Å². The fraction of sp³-hybridized carbons (Fsp3) is 1.00. The van der Waals surface area contributed by atoms with E-state index in [1.54, 1.807) is 0 Å². The minimum Gasteiger partial charge on any atom is -0.373 e. The van der Waals surface area contributed by atoms with Crippen molar-refractivity contribution in [1.29, 1.82) is 1.28 Å². The van der Waals surface area contributed by atoms with Gasteiger partial charge in [-0.15, -0.1) is 0 Å². The third-order valence-electron chi connectivity index (χ3n) is 3.36. The van der Waals surface area contributed by atoms with E-state index in [9.17, 15) is 0 Å². The minimum absolute atomic E-state index is 0.170. The first kappa shape index (κ1) is 9.61. The van der Waals surface area contributed by atoms with Crippen LogP contribution in [0.2, 0.25) is 0 Å². The highest BCUT2D eigenvalue weighted by Crippen LogP contribution is 2.34. The van der Waals surface area contributed by atoms with Crippen molar-refractivity contribution in [3.8, 4) is 0 Å². The van der Waals surface area contributed by atoms with Crippen LogP contribution in [0.3, 0.4) is 0 Å². The lowest BCUT2D eigenvalue weighted by Gasteiger charge is -2.41. The van der Waals surface area contributed by atoms with Gasteiger partial charge >= 0.3 is 0 Å². The van der Waals surface area contributed by atoms with Gasteiger partial charge in [-0.2, -0.15) is 0 Å². The summed E-state index contributed by atoms with van der Waals surface area (Å²) in [6, 6.07) is 0.201. The summed E-state index contributed by atoms with van der Waals surface area (Å²) in [6.07, 6.45) is 1.61. The minimum atomic E-state index is 0.170. The molecule has 0 aromatic carbocycles. The lowest BCUT2D eigenvalue weighted by Crippen LogP contribution is -2.46. The molecule has 1 aliphatic rings. The van der Waals surface area contributed by atoms with Crippen LogP contribution in [-0.2, 0) is 4.74 Å². The summed E-state index contributed by atoms with van der Waals surface area (Å²) in [5.74, 6) is 1.08. The Balaban J connectivity index is 2.73. The second-order valence-electron chi connectivity index (χ2n) is 4.11. The van der Waals surface area contributed by atoms with E-state index >= 15 is 0 Å². The summed E-state index contributed by atoms with van der Waals surface area (Å²) in [7, 11) is 0.380. The molecule has 1 saturated heterocycles. The van der Waals surface area contributed by atoms with Crippen LogP contribution in [0.5, 0.6) is 0 Å². The number of rotatable bonds is 2. The zero-order chi connectivity index (χ0) is 10.7. The molecule has 13 heavy (non-hydrogen) atoms. The van der Waals surface area contributed by atoms with Gasteiger partial charge in [0.25, 0.3) is 0 Å². The maximum atomic E-state index is 7.13. The molecular weight excluding hydrogens is 181 g/mol. The summed E-state index contributed by atoms with van der Waals surface area (Å²) in [4.78, 5) is 0. The molecule has 1 aliphatic heterocycles. The lowest BCUT2D eigenvalue weighted by molar-refractivity contribution is -0.104. The first-order valence-electron chi connectivity index (χ1n) is 5.56. The molecule has 0 aliphatic carbocycles. The quantitative estimate of drug-likeness (QED) is 0.633. The van der Waals surface area contributed by atoms with Crippen LogP contribution in [0.15, 0.2) is 4.74 Å². The Bertz CT molecular complexity index is 212. The highest BCUT2D eigenvalue weighted by atomic mass is 31.0. The molecule has 0 aromatic heterocycles. The van der Waals surface area contributed by atoms with Gasteiger partial charge in [-0.25, -0.2) is 0 Å². The number of hydrogen-bond acceptors (Lipinski definition) is 2. The van der Waals surface area contributed by atoms with Crippen molar-refractivity contribution in [2.75, 3.05) is 0 Å². The molecule has 0 spiro atoms. The monoisotopic (exact) mass is 204 g/mol. The van der Waals surface area contributed by atoms with Gasteiger partial charge in [0.1, 0.15) is 1.28 Å². The van der Waals surface area contributed by atoms with Crippen LogP contribution in [0.4, 0.5) is 0 Å². The first-order valence-corrected chi connectivity index (χ1v) is 5.51. The SMILES string of the molecule is [4H]/P=N\C1[C@H](C)OC(CC)[C@@H](C)[C@@H]1C. The smallest absolute Gasteiger partial charge is 0.114 e. The van der Waals surface area contributed by atoms with Crippen molar-refractivity contribution in [3.05, 3.63) is 0 Å². The predicted molar refractivity (Wildman–Crippen MR) is 57.5 cm³/mol. The van der Waals surface area contributed by atoms with Crippen LogP contribution < -0.4 is 0 Å². The van der Waals surface area contributed by atoms with Crippen LogP contribution in [0.1, 0.15) is 34.1 Å². The molecular formula is C10H20NOP. The molecule has 0 aromatic rings. The molecule has 2 unspecified atom stereocenters. The molecule has 5 atom stereocenters. The van der Waals surface area contributed by atoms with Gasteiger partial charge in [0.2, 0.25) is 0 Å². The number of hydrogen-bond donors (Lipinski definition) is 0. The molecule has 76 valence electrons. The second-order valence-corrected chi connectivity index (χ2v) is 4.34. The largest absolute Gasteiger partial charge is 0.373 e. The van der Waals surface area contributed by atoms with Crippen molar-refractivity contribution in [3.63, 3.8) is 0 Å². The maximum Gasteiger partial charge on any atom is 0.114 e. The third-order valence-corrected chi connectivity index (χ3v) is 3.63. The fourth-order valence-corrected chi connectivity index (χ4v) is 2.62. The summed E-state index contributed by atoms with van der Waals surface area (Å²) in [5, 5.41) is 0. The molecule has 0 amide bonds. The van der Waals surface area contributed by atoms with Crippen molar-refractivity contribution in [2.45, 2.75) is 52.4 Å². The normalized spacial score (nSPS) is 48.0. The van der Waals surface area contributed by atoms with E-state index in [0.29, 0.717) is 26.9 Å². The van der Waals surface area contributed by atoms with Gasteiger partial charge in [-0.3, -0.25) is 4.74 Å². The molecule has 0 radical (unpaired) electrons. The van der Waals surface area contributed by atoms with Crippen molar-refractivity contribution in [2.24, 2.45) is 16.6 Å². The van der Waals surface area contributed by atoms with E-state index in [2.05, 4.69) is 32.4 Å². The molecule has 2 nitrogen and oxygen atoms in total. The fourth-order valence-electron chi connectivity index (χ4n) is 2.22. The van der Waals surface area contributed by atoms with Crippen LogP contribution >= 0.6 is 8.98 Å². The Morgan fingerprint density at radius 3 is 2.62 bits per heavy atom. The first-order chi connectivity index (χ1) is 6.61. The zero-order valence-electron chi connectivity index (χ0n) is 9.90. The van der Waals surface area contributed by atoms with Gasteiger partial charge in [0.15, 0.2) is 0 Å². The lowest BCUT2D eigenvalue weighted by atomic mass is 9.80. The summed E-state index contributed by atoms with van der Waals surface area (Å²) >= 11 is 0. The van der Waals surface area contributed by atoms with E-state index < -0.39 is 0 Å². The number of nitrogens with zero attached hydrogens (tertiary/aromatic N) is 1. The van der Waals surface area contributed by atoms with E-state index in [-0.39, 0.29) is 12.1 Å². The Hall–Kier alpha value is 0.0600. The number of ether oxygens (including phenoxy) is 1. The Morgan fingerprint density at radius 2 is 2.08 bits per heavy atom. The van der Waals surface area contributed by atoms with E-state index in [1.165, 1.54) is 0 Å². The highest BCUT2D eigenvalue weighted by molar-refractivity contribution is 7.04. The Labute approximate surface area is 84.6 Å². The highest BCUT2D eigenvalue weighted by Gasteiger charge is 2.37. The van der Waals surface area contributed by atoms with Crippen molar-refractivity contribution >= 4 is 8.98 Å². The van der Waals surface area contributed by atoms with E-state index in [1.807, 2.05) is 0 Å². The topological polar surface area (TPSA) is 21.6 Å².